The van der Waals surface area contributed by atoms with Gasteiger partial charge in [0.1, 0.15) is 18.2 Å². The Morgan fingerprint density at radius 2 is 1.19 bits per heavy atom. The molecule has 6 rings (SSSR count). The summed E-state index contributed by atoms with van der Waals surface area (Å²) >= 11 is 0. The van der Waals surface area contributed by atoms with Crippen molar-refractivity contribution in [3.05, 3.63) is 179 Å². The maximum atomic E-state index is 14.7. The van der Waals surface area contributed by atoms with Crippen molar-refractivity contribution in [3.8, 4) is 0 Å². The summed E-state index contributed by atoms with van der Waals surface area (Å²) in [5, 5.41) is 0. The lowest BCUT2D eigenvalue weighted by Gasteiger charge is -2.46. The number of amides is 1. The highest BCUT2D eigenvalue weighted by atomic mass is 19.1. The van der Waals surface area contributed by atoms with Gasteiger partial charge in [-0.15, -0.1) is 0 Å². The minimum absolute atomic E-state index is 0.0216. The molecule has 3 atom stereocenters. The van der Waals surface area contributed by atoms with Crippen LogP contribution in [-0.4, -0.2) is 47.1 Å². The Morgan fingerprint density at radius 3 is 1.73 bits per heavy atom. The monoisotopic (exact) mass is 646 g/mol. The number of hydrogen-bond donors (Lipinski definition) is 0. The van der Waals surface area contributed by atoms with Crippen LogP contribution in [0.5, 0.6) is 0 Å². The maximum absolute atomic E-state index is 14.7. The van der Waals surface area contributed by atoms with Crippen LogP contribution in [0.15, 0.2) is 140 Å². The Morgan fingerprint density at radius 1 is 0.688 bits per heavy atom. The summed E-state index contributed by atoms with van der Waals surface area (Å²) in [5.74, 6) is -1.40. The van der Waals surface area contributed by atoms with Crippen LogP contribution in [0.4, 0.5) is 8.78 Å². The minimum atomic E-state index is -0.634. The highest BCUT2D eigenvalue weighted by Gasteiger charge is 2.42. The van der Waals surface area contributed by atoms with E-state index < -0.39 is 29.8 Å². The maximum Gasteiger partial charge on any atom is 0.249 e. The fraction of sp³-hybridized carbons (Fsp3) is 0.244. The second-order valence-electron chi connectivity index (χ2n) is 12.3. The zero-order valence-corrected chi connectivity index (χ0v) is 26.8. The van der Waals surface area contributed by atoms with Crippen LogP contribution >= 0.6 is 0 Å². The number of morpholine rings is 1. The molecule has 1 aliphatic heterocycles. The smallest absolute Gasteiger partial charge is 0.249 e. The number of benzene rings is 5. The summed E-state index contributed by atoms with van der Waals surface area (Å²) in [4.78, 5) is 17.8. The highest BCUT2D eigenvalue weighted by molar-refractivity contribution is 5.78. The van der Waals surface area contributed by atoms with Gasteiger partial charge < -0.3 is 14.4 Å². The summed E-state index contributed by atoms with van der Waals surface area (Å²) < 4.78 is 42.3. The van der Waals surface area contributed by atoms with Crippen LogP contribution in [0.25, 0.3) is 0 Å². The second kappa shape index (κ2) is 16.4. The molecule has 7 heteroatoms. The van der Waals surface area contributed by atoms with E-state index in [1.54, 1.807) is 0 Å². The third-order valence-electron chi connectivity index (χ3n) is 8.77. The molecule has 0 spiro atoms. The summed E-state index contributed by atoms with van der Waals surface area (Å²) in [7, 11) is 0. The van der Waals surface area contributed by atoms with E-state index in [1.165, 1.54) is 12.1 Å². The molecular formula is C41H40F2N2O3. The number of hydrogen-bond acceptors (Lipinski definition) is 4. The molecule has 0 aromatic heterocycles. The van der Waals surface area contributed by atoms with Crippen molar-refractivity contribution in [2.75, 3.05) is 13.2 Å². The molecule has 0 N–H and O–H groups in total. The van der Waals surface area contributed by atoms with Crippen molar-refractivity contribution in [1.29, 1.82) is 0 Å². The van der Waals surface area contributed by atoms with Gasteiger partial charge in [0.15, 0.2) is 0 Å². The quantitative estimate of drug-likeness (QED) is 0.125. The predicted octanol–water partition coefficient (Wildman–Crippen LogP) is 7.59. The number of halogens is 2. The van der Waals surface area contributed by atoms with E-state index in [9.17, 15) is 13.6 Å². The van der Waals surface area contributed by atoms with Gasteiger partial charge in [-0.25, -0.2) is 8.78 Å². The number of carbonyl (C=O) groups excluding carboxylic acids is 1. The van der Waals surface area contributed by atoms with Crippen LogP contribution < -0.4 is 0 Å². The van der Waals surface area contributed by atoms with Gasteiger partial charge in [0.05, 0.1) is 25.4 Å². The SMILES string of the molecule is O=C1COCC(C(OCc2ccccc2)C(Cc2cc(F)cc(F)c2)N(Cc2ccccc2)Cc2ccccc2)N1Cc1ccccc1. The van der Waals surface area contributed by atoms with E-state index in [2.05, 4.69) is 29.2 Å². The number of rotatable bonds is 14. The van der Waals surface area contributed by atoms with Crippen molar-refractivity contribution in [2.24, 2.45) is 0 Å². The highest BCUT2D eigenvalue weighted by Crippen LogP contribution is 2.29. The number of carbonyl (C=O) groups is 1. The predicted molar refractivity (Wildman–Crippen MR) is 183 cm³/mol. The van der Waals surface area contributed by atoms with Gasteiger partial charge in [0.25, 0.3) is 0 Å². The molecule has 1 fully saturated rings. The van der Waals surface area contributed by atoms with Crippen LogP contribution in [0.2, 0.25) is 0 Å². The first-order valence-electron chi connectivity index (χ1n) is 16.4. The molecule has 5 aromatic carbocycles. The molecule has 0 aliphatic carbocycles. The third kappa shape index (κ3) is 9.01. The van der Waals surface area contributed by atoms with Crippen LogP contribution in [0.3, 0.4) is 0 Å². The van der Waals surface area contributed by atoms with Crippen molar-refractivity contribution >= 4 is 5.91 Å². The fourth-order valence-electron chi connectivity index (χ4n) is 6.48. The van der Waals surface area contributed by atoms with E-state index in [4.69, 9.17) is 9.47 Å². The van der Waals surface area contributed by atoms with Gasteiger partial charge in [-0.05, 0) is 46.4 Å². The molecule has 0 radical (unpaired) electrons. The average Bonchev–Trinajstić information content (AvgIpc) is 3.10. The van der Waals surface area contributed by atoms with Gasteiger partial charge in [0, 0.05) is 31.7 Å². The largest absolute Gasteiger partial charge is 0.370 e. The lowest BCUT2D eigenvalue weighted by molar-refractivity contribution is -0.163. The Kier molecular flexibility index (Phi) is 11.4. The zero-order chi connectivity index (χ0) is 33.1. The van der Waals surface area contributed by atoms with E-state index in [0.29, 0.717) is 25.2 Å². The Labute approximate surface area is 281 Å². The molecule has 5 nitrogen and oxygen atoms in total. The summed E-state index contributed by atoms with van der Waals surface area (Å²) in [6, 6.07) is 42.8. The first-order chi connectivity index (χ1) is 23.5. The Bertz CT molecular complexity index is 1660. The molecule has 246 valence electrons. The molecule has 1 heterocycles. The summed E-state index contributed by atoms with van der Waals surface area (Å²) in [6.07, 6.45) is -0.325. The molecule has 48 heavy (non-hydrogen) atoms. The normalized spacial score (nSPS) is 16.2. The summed E-state index contributed by atoms with van der Waals surface area (Å²) in [6.45, 7) is 2.00. The van der Waals surface area contributed by atoms with Gasteiger partial charge in [-0.2, -0.15) is 0 Å². The lowest BCUT2D eigenvalue weighted by atomic mass is 9.92. The molecule has 0 saturated carbocycles. The zero-order valence-electron chi connectivity index (χ0n) is 26.8. The van der Waals surface area contributed by atoms with Crippen molar-refractivity contribution in [3.63, 3.8) is 0 Å². The van der Waals surface area contributed by atoms with Crippen LogP contribution in [0.1, 0.15) is 27.8 Å². The number of ether oxygens (including phenoxy) is 2. The Balaban J connectivity index is 1.46. The van der Waals surface area contributed by atoms with Gasteiger partial charge in [-0.3, -0.25) is 9.69 Å². The first kappa shape index (κ1) is 33.2. The van der Waals surface area contributed by atoms with Gasteiger partial charge in [0.2, 0.25) is 5.91 Å². The van der Waals surface area contributed by atoms with E-state index in [-0.39, 0.29) is 32.1 Å². The topological polar surface area (TPSA) is 42.0 Å². The molecule has 1 saturated heterocycles. The minimum Gasteiger partial charge on any atom is -0.370 e. The molecule has 5 aromatic rings. The van der Waals surface area contributed by atoms with E-state index in [0.717, 1.165) is 28.3 Å². The first-order valence-corrected chi connectivity index (χ1v) is 16.4. The van der Waals surface area contributed by atoms with Crippen molar-refractivity contribution in [1.82, 2.24) is 9.80 Å². The fourth-order valence-corrected chi connectivity index (χ4v) is 6.48. The average molecular weight is 647 g/mol. The van der Waals surface area contributed by atoms with E-state index in [1.807, 2.05) is 102 Å². The van der Waals surface area contributed by atoms with Gasteiger partial charge >= 0.3 is 0 Å². The molecule has 1 amide bonds. The number of nitrogens with zero attached hydrogens (tertiary/aromatic N) is 2. The standard InChI is InChI=1S/C41H40F2N2O3/c42-36-21-35(22-37(43)24-36)23-38(44(25-31-13-5-1-6-14-31)26-32-15-7-2-8-16-32)41(48-28-34-19-11-4-12-20-34)39-29-47-30-40(46)45(39)27-33-17-9-3-10-18-33/h1-22,24,38-39,41H,23,25-30H2. The molecule has 0 bridgehead atoms. The summed E-state index contributed by atoms with van der Waals surface area (Å²) in [5.41, 5.74) is 4.65. The second-order valence-corrected chi connectivity index (χ2v) is 12.3. The van der Waals surface area contributed by atoms with Crippen molar-refractivity contribution in [2.45, 2.75) is 50.8 Å². The third-order valence-corrected chi connectivity index (χ3v) is 8.77. The molecule has 1 aliphatic rings. The van der Waals surface area contributed by atoms with Crippen molar-refractivity contribution < 1.29 is 23.0 Å². The Hall–Kier alpha value is -4.69. The van der Waals surface area contributed by atoms with Gasteiger partial charge in [-0.1, -0.05) is 121 Å². The molecular weight excluding hydrogens is 606 g/mol. The molecule has 3 unspecified atom stereocenters. The lowest BCUT2D eigenvalue weighted by Crippen LogP contribution is -2.61. The van der Waals surface area contributed by atoms with Crippen LogP contribution in [0, 0.1) is 11.6 Å². The van der Waals surface area contributed by atoms with Crippen LogP contribution in [-0.2, 0) is 46.9 Å². The van der Waals surface area contributed by atoms with E-state index >= 15 is 0 Å².